The van der Waals surface area contributed by atoms with E-state index in [0.717, 1.165) is 0 Å². The van der Waals surface area contributed by atoms with Crippen molar-refractivity contribution < 1.29 is 24.6 Å². The molecule has 0 saturated heterocycles. The van der Waals surface area contributed by atoms with E-state index < -0.39 is 36.5 Å². The van der Waals surface area contributed by atoms with Gasteiger partial charge in [0, 0.05) is 6.54 Å². The van der Waals surface area contributed by atoms with Crippen molar-refractivity contribution in [3.8, 4) is 0 Å². The fourth-order valence-corrected chi connectivity index (χ4v) is 1.48. The maximum atomic E-state index is 12.0. The average molecular weight is 318 g/mol. The minimum Gasteiger partial charge on any atom is -0.480 e. The molecule has 22 heavy (non-hydrogen) atoms. The maximum Gasteiger partial charge on any atom is 0.328 e. The number of aliphatic carboxylic acids is 1. The molecule has 0 saturated carbocycles. The third kappa shape index (κ3) is 8.01. The number of carboxylic acid groups (broad SMARTS) is 1. The Hall–Kier alpha value is -2.40. The van der Waals surface area contributed by atoms with Crippen LogP contribution in [0.1, 0.15) is 12.8 Å². The normalized spacial score (nSPS) is 12.8. The minimum atomic E-state index is -1.46. The number of carboxylic acids is 1. The quantitative estimate of drug-likeness (QED) is 0.120. The molecule has 0 radical (unpaired) electrons. The highest BCUT2D eigenvalue weighted by atomic mass is 16.4. The molecule has 2 atom stereocenters. The van der Waals surface area contributed by atoms with Crippen molar-refractivity contribution >= 4 is 23.7 Å². The number of nitrogens with one attached hydrogen (secondary N) is 2. The Labute approximate surface area is 126 Å². The monoisotopic (exact) mass is 318 g/mol. The minimum absolute atomic E-state index is 0.0989. The van der Waals surface area contributed by atoms with Gasteiger partial charge in [-0.25, -0.2) is 4.79 Å². The molecule has 11 nitrogen and oxygen atoms in total. The van der Waals surface area contributed by atoms with Gasteiger partial charge in [-0.1, -0.05) is 0 Å². The summed E-state index contributed by atoms with van der Waals surface area (Å²) in [6.45, 7) is -0.848. The number of amides is 2. The zero-order valence-electron chi connectivity index (χ0n) is 12.0. The molecule has 0 unspecified atom stereocenters. The largest absolute Gasteiger partial charge is 0.480 e. The van der Waals surface area contributed by atoms with E-state index in [9.17, 15) is 14.4 Å². The van der Waals surface area contributed by atoms with Crippen LogP contribution in [-0.4, -0.2) is 65.7 Å². The Morgan fingerprint density at radius 1 is 1.14 bits per heavy atom. The summed E-state index contributed by atoms with van der Waals surface area (Å²) < 4.78 is 0. The molecule has 0 spiro atoms. The summed E-state index contributed by atoms with van der Waals surface area (Å²) in [5.74, 6) is -2.80. The number of carbonyl (C=O) groups is 3. The van der Waals surface area contributed by atoms with Crippen molar-refractivity contribution in [2.24, 2.45) is 22.2 Å². The van der Waals surface area contributed by atoms with E-state index in [1.165, 1.54) is 0 Å². The fourth-order valence-electron chi connectivity index (χ4n) is 1.48. The van der Waals surface area contributed by atoms with Crippen LogP contribution in [0.3, 0.4) is 0 Å². The first-order chi connectivity index (χ1) is 10.3. The molecule has 126 valence electrons. The Bertz CT molecular complexity index is 423. The van der Waals surface area contributed by atoms with Crippen molar-refractivity contribution in [1.29, 1.82) is 0 Å². The van der Waals surface area contributed by atoms with Crippen LogP contribution >= 0.6 is 0 Å². The molecule has 2 amide bonds. The molecular weight excluding hydrogens is 296 g/mol. The molecule has 11 heteroatoms. The lowest BCUT2D eigenvalue weighted by Crippen LogP contribution is -2.53. The van der Waals surface area contributed by atoms with E-state index in [0.29, 0.717) is 6.42 Å². The van der Waals surface area contributed by atoms with Crippen molar-refractivity contribution in [3.05, 3.63) is 0 Å². The third-order valence-corrected chi connectivity index (χ3v) is 2.58. The Morgan fingerprint density at radius 2 is 1.77 bits per heavy atom. The van der Waals surface area contributed by atoms with E-state index in [1.807, 2.05) is 0 Å². The maximum absolute atomic E-state index is 12.0. The molecule has 0 aromatic carbocycles. The van der Waals surface area contributed by atoms with Crippen molar-refractivity contribution in [3.63, 3.8) is 0 Å². The van der Waals surface area contributed by atoms with Gasteiger partial charge in [0.15, 0.2) is 5.96 Å². The van der Waals surface area contributed by atoms with Crippen molar-refractivity contribution in [1.82, 2.24) is 10.6 Å². The Morgan fingerprint density at radius 3 is 2.23 bits per heavy atom. The zero-order valence-corrected chi connectivity index (χ0v) is 12.0. The first kappa shape index (κ1) is 19.6. The van der Waals surface area contributed by atoms with E-state index in [2.05, 4.69) is 15.6 Å². The second-order valence-electron chi connectivity index (χ2n) is 4.36. The number of aliphatic imine (C=N–C) groups is 1. The smallest absolute Gasteiger partial charge is 0.328 e. The van der Waals surface area contributed by atoms with Gasteiger partial charge in [-0.15, -0.1) is 0 Å². The van der Waals surface area contributed by atoms with Gasteiger partial charge in [-0.2, -0.15) is 0 Å². The first-order valence-corrected chi connectivity index (χ1v) is 6.50. The van der Waals surface area contributed by atoms with E-state index in [1.54, 1.807) is 0 Å². The summed E-state index contributed by atoms with van der Waals surface area (Å²) >= 11 is 0. The number of nitrogens with zero attached hydrogens (tertiary/aromatic N) is 1. The predicted octanol–water partition coefficient (Wildman–Crippen LogP) is -3.95. The first-order valence-electron chi connectivity index (χ1n) is 6.50. The van der Waals surface area contributed by atoms with Crippen LogP contribution in [0.15, 0.2) is 4.99 Å². The molecule has 0 heterocycles. The Kier molecular flexibility index (Phi) is 9.22. The molecule has 0 aliphatic carbocycles. The molecule has 0 aliphatic rings. The van der Waals surface area contributed by atoms with Crippen LogP contribution in [-0.2, 0) is 14.4 Å². The Balaban J connectivity index is 4.68. The number of aliphatic hydroxyl groups is 1. The lowest BCUT2D eigenvalue weighted by Gasteiger charge is -2.20. The second-order valence-corrected chi connectivity index (χ2v) is 4.36. The number of hydrogen-bond donors (Lipinski definition) is 7. The molecule has 0 aromatic rings. The lowest BCUT2D eigenvalue weighted by molar-refractivity contribution is -0.143. The van der Waals surface area contributed by atoms with Crippen LogP contribution < -0.4 is 27.8 Å². The molecule has 0 rings (SSSR count). The van der Waals surface area contributed by atoms with Crippen LogP contribution in [0.2, 0.25) is 0 Å². The van der Waals surface area contributed by atoms with Gasteiger partial charge in [-0.3, -0.25) is 14.6 Å². The van der Waals surface area contributed by atoms with Gasteiger partial charge in [0.25, 0.3) is 0 Å². The predicted molar refractivity (Wildman–Crippen MR) is 77.5 cm³/mol. The third-order valence-electron chi connectivity index (χ3n) is 2.58. The molecule has 0 aromatic heterocycles. The summed E-state index contributed by atoms with van der Waals surface area (Å²) in [5.41, 5.74) is 15.5. The average Bonchev–Trinajstić information content (AvgIpc) is 2.46. The van der Waals surface area contributed by atoms with Crippen LogP contribution in [0.25, 0.3) is 0 Å². The van der Waals surface area contributed by atoms with Gasteiger partial charge >= 0.3 is 5.97 Å². The number of aliphatic hydroxyl groups excluding tert-OH is 1. The van der Waals surface area contributed by atoms with Crippen LogP contribution in [0.5, 0.6) is 0 Å². The van der Waals surface area contributed by atoms with E-state index >= 15 is 0 Å². The second kappa shape index (κ2) is 10.3. The van der Waals surface area contributed by atoms with Crippen LogP contribution in [0, 0.1) is 0 Å². The SMILES string of the molecule is NCC(=O)N[C@@H](CCCN=C(N)N)C(=O)N[C@@H](CO)C(=O)O. The lowest BCUT2D eigenvalue weighted by atomic mass is 10.1. The van der Waals surface area contributed by atoms with Gasteiger partial charge in [0.1, 0.15) is 12.1 Å². The van der Waals surface area contributed by atoms with Crippen molar-refractivity contribution in [2.45, 2.75) is 24.9 Å². The standard InChI is InChI=1S/C11H22N6O5/c12-4-8(19)16-6(2-1-3-15-11(13)14)9(20)17-7(5-18)10(21)22/h6-7,18H,1-5,12H2,(H,16,19)(H,17,20)(H,21,22)(H4,13,14,15)/t6-,7-/m0/s1. The summed E-state index contributed by atoms with van der Waals surface area (Å²) in [6.07, 6.45) is 0.545. The van der Waals surface area contributed by atoms with Gasteiger partial charge < -0.3 is 38.0 Å². The number of guanidine groups is 1. The molecule has 0 fully saturated rings. The zero-order chi connectivity index (χ0) is 17.1. The van der Waals surface area contributed by atoms with Crippen molar-refractivity contribution in [2.75, 3.05) is 19.7 Å². The molecular formula is C11H22N6O5. The van der Waals surface area contributed by atoms with Gasteiger partial charge in [0.05, 0.1) is 13.2 Å². The number of carbonyl (C=O) groups excluding carboxylic acids is 2. The summed E-state index contributed by atoms with van der Waals surface area (Å²) in [4.78, 5) is 37.8. The summed E-state index contributed by atoms with van der Waals surface area (Å²) in [7, 11) is 0. The number of nitrogens with two attached hydrogens (primary N) is 3. The molecule has 0 aliphatic heterocycles. The number of hydrogen-bond acceptors (Lipinski definition) is 6. The van der Waals surface area contributed by atoms with E-state index in [-0.39, 0.29) is 25.5 Å². The van der Waals surface area contributed by atoms with Gasteiger partial charge in [0.2, 0.25) is 11.8 Å². The van der Waals surface area contributed by atoms with Gasteiger partial charge in [-0.05, 0) is 12.8 Å². The highest BCUT2D eigenvalue weighted by molar-refractivity contribution is 5.90. The molecule has 10 N–H and O–H groups in total. The van der Waals surface area contributed by atoms with Crippen LogP contribution in [0.4, 0.5) is 0 Å². The molecule has 0 bridgehead atoms. The number of rotatable bonds is 10. The fraction of sp³-hybridized carbons (Fsp3) is 0.636. The summed E-state index contributed by atoms with van der Waals surface area (Å²) in [6, 6.07) is -2.46. The highest BCUT2D eigenvalue weighted by Crippen LogP contribution is 2.00. The topological polar surface area (TPSA) is 206 Å². The highest BCUT2D eigenvalue weighted by Gasteiger charge is 2.25. The summed E-state index contributed by atoms with van der Waals surface area (Å²) in [5, 5.41) is 22.1. The van der Waals surface area contributed by atoms with E-state index in [4.69, 9.17) is 27.4 Å².